The number of nitrogens with zero attached hydrogens (tertiary/aromatic N) is 1. The molecule has 0 saturated carbocycles. The monoisotopic (exact) mass is 268 g/mol. The maximum Gasteiger partial charge on any atom is 0.417 e. The summed E-state index contributed by atoms with van der Waals surface area (Å²) in [4.78, 5) is 6.74. The maximum absolute atomic E-state index is 12.5. The van der Waals surface area contributed by atoms with Crippen LogP contribution >= 0.6 is 0 Å². The highest BCUT2D eigenvalue weighted by molar-refractivity contribution is 5.57. The number of aromatic amines is 1. The number of halogens is 3. The van der Waals surface area contributed by atoms with Gasteiger partial charge in [0.05, 0.1) is 17.0 Å². The fourth-order valence-electron chi connectivity index (χ4n) is 1.75. The maximum atomic E-state index is 12.5. The van der Waals surface area contributed by atoms with Gasteiger partial charge in [-0.25, -0.2) is 0 Å². The molecule has 0 unspecified atom stereocenters. The van der Waals surface area contributed by atoms with Crippen molar-refractivity contribution in [1.29, 1.82) is 0 Å². The van der Waals surface area contributed by atoms with E-state index in [1.165, 1.54) is 0 Å². The normalized spacial score (nSPS) is 12.7. The van der Waals surface area contributed by atoms with Gasteiger partial charge in [0.1, 0.15) is 0 Å². The van der Waals surface area contributed by atoms with E-state index in [-0.39, 0.29) is 5.41 Å². The number of hydrogen-bond acceptors (Lipinski definition) is 1. The minimum Gasteiger partial charge on any atom is -0.359 e. The molecule has 1 N–H and O–H groups in total. The Morgan fingerprint density at radius 1 is 1.05 bits per heavy atom. The third kappa shape index (κ3) is 2.97. The van der Waals surface area contributed by atoms with Crippen molar-refractivity contribution < 1.29 is 13.2 Å². The highest BCUT2D eigenvalue weighted by Gasteiger charge is 2.31. The van der Waals surface area contributed by atoms with Gasteiger partial charge in [0, 0.05) is 12.4 Å². The lowest BCUT2D eigenvalue weighted by Crippen LogP contribution is -2.11. The number of alkyl halides is 3. The van der Waals surface area contributed by atoms with E-state index in [1.54, 1.807) is 6.20 Å². The van der Waals surface area contributed by atoms with E-state index >= 15 is 0 Å². The minimum absolute atomic E-state index is 0.0723. The second-order valence-electron chi connectivity index (χ2n) is 5.48. The summed E-state index contributed by atoms with van der Waals surface area (Å²) in [6.45, 7) is 6.13. The first-order valence-electron chi connectivity index (χ1n) is 5.90. The average Bonchev–Trinajstić information content (AvgIpc) is 2.77. The van der Waals surface area contributed by atoms with Crippen LogP contribution in [-0.2, 0) is 11.6 Å². The van der Waals surface area contributed by atoms with Gasteiger partial charge < -0.3 is 4.98 Å². The van der Waals surface area contributed by atoms with E-state index in [9.17, 15) is 13.2 Å². The van der Waals surface area contributed by atoms with Gasteiger partial charge in [-0.15, -0.1) is 0 Å². The van der Waals surface area contributed by atoms with E-state index in [0.29, 0.717) is 11.4 Å². The van der Waals surface area contributed by atoms with Crippen molar-refractivity contribution in [2.75, 3.05) is 0 Å². The summed E-state index contributed by atoms with van der Waals surface area (Å²) in [5, 5.41) is 0. The molecule has 0 fully saturated rings. The third-order valence-electron chi connectivity index (χ3n) is 2.91. The minimum atomic E-state index is -4.34. The summed E-state index contributed by atoms with van der Waals surface area (Å²) < 4.78 is 37.6. The first-order valence-corrected chi connectivity index (χ1v) is 5.90. The van der Waals surface area contributed by atoms with Gasteiger partial charge in [-0.2, -0.15) is 13.2 Å². The largest absolute Gasteiger partial charge is 0.417 e. The summed E-state index contributed by atoms with van der Waals surface area (Å²) in [7, 11) is 0. The van der Waals surface area contributed by atoms with Crippen molar-refractivity contribution >= 4 is 0 Å². The molecule has 0 radical (unpaired) electrons. The molecule has 2 rings (SSSR count). The van der Waals surface area contributed by atoms with Crippen LogP contribution in [-0.4, -0.2) is 9.97 Å². The van der Waals surface area contributed by atoms with E-state index in [0.717, 1.165) is 17.8 Å². The summed E-state index contributed by atoms with van der Waals surface area (Å²) in [6, 6.07) is 4.76. The lowest BCUT2D eigenvalue weighted by atomic mass is 9.87. The molecule has 0 aromatic carbocycles. The van der Waals surface area contributed by atoms with Crippen LogP contribution in [0.15, 0.2) is 30.6 Å². The standard InChI is InChI=1S/C14H15F3N2/c1-13(2,3)9-4-5-18-11(6-9)12-7-10(8-19-12)14(15,16)17/h4-8,19H,1-3H3. The van der Waals surface area contributed by atoms with Crippen LogP contribution in [0.2, 0.25) is 0 Å². The van der Waals surface area contributed by atoms with Crippen molar-refractivity contribution in [2.24, 2.45) is 0 Å². The highest BCUT2D eigenvalue weighted by Crippen LogP contribution is 2.32. The van der Waals surface area contributed by atoms with Crippen molar-refractivity contribution in [3.05, 3.63) is 41.7 Å². The number of rotatable bonds is 1. The molecule has 5 heteroatoms. The average molecular weight is 268 g/mol. The summed E-state index contributed by atoms with van der Waals surface area (Å²) in [5.74, 6) is 0. The SMILES string of the molecule is CC(C)(C)c1ccnc(-c2cc(C(F)(F)F)c[nH]2)c1. The highest BCUT2D eigenvalue weighted by atomic mass is 19.4. The van der Waals surface area contributed by atoms with Gasteiger partial charge in [0.25, 0.3) is 0 Å². The predicted octanol–water partition coefficient (Wildman–Crippen LogP) is 4.39. The van der Waals surface area contributed by atoms with Crippen LogP contribution in [0.1, 0.15) is 31.9 Å². The van der Waals surface area contributed by atoms with E-state index in [1.807, 2.05) is 32.9 Å². The van der Waals surface area contributed by atoms with Gasteiger partial charge >= 0.3 is 6.18 Å². The molecule has 2 aromatic heterocycles. The zero-order valence-corrected chi connectivity index (χ0v) is 11.0. The fraction of sp³-hybridized carbons (Fsp3) is 0.357. The first-order chi connectivity index (χ1) is 8.68. The second-order valence-corrected chi connectivity index (χ2v) is 5.48. The van der Waals surface area contributed by atoms with Gasteiger partial charge in [-0.1, -0.05) is 20.8 Å². The topological polar surface area (TPSA) is 28.7 Å². The molecule has 0 atom stereocenters. The Balaban J connectivity index is 2.40. The molecule has 0 aliphatic carbocycles. The zero-order chi connectivity index (χ0) is 14.3. The Hall–Kier alpha value is -1.78. The van der Waals surface area contributed by atoms with E-state index in [4.69, 9.17) is 0 Å². The Morgan fingerprint density at radius 3 is 2.26 bits per heavy atom. The molecule has 0 aliphatic heterocycles. The van der Waals surface area contributed by atoms with Crippen molar-refractivity contribution in [2.45, 2.75) is 32.4 Å². The lowest BCUT2D eigenvalue weighted by Gasteiger charge is -2.19. The quantitative estimate of drug-likeness (QED) is 0.816. The van der Waals surface area contributed by atoms with Gasteiger partial charge in [0.2, 0.25) is 0 Å². The number of H-pyrrole nitrogens is 1. The smallest absolute Gasteiger partial charge is 0.359 e. The molecule has 2 nitrogen and oxygen atoms in total. The van der Waals surface area contributed by atoms with Crippen LogP contribution in [0.5, 0.6) is 0 Å². The molecule has 2 heterocycles. The number of aromatic nitrogens is 2. The van der Waals surface area contributed by atoms with Crippen LogP contribution in [0.4, 0.5) is 13.2 Å². The number of nitrogens with one attached hydrogen (secondary N) is 1. The van der Waals surface area contributed by atoms with Crippen LogP contribution in [0.3, 0.4) is 0 Å². The molecule has 102 valence electrons. The van der Waals surface area contributed by atoms with Crippen LogP contribution in [0.25, 0.3) is 11.4 Å². The Bertz CT molecular complexity index is 577. The van der Waals surface area contributed by atoms with Crippen molar-refractivity contribution in [3.63, 3.8) is 0 Å². The molecule has 0 amide bonds. The van der Waals surface area contributed by atoms with Gasteiger partial charge in [-0.3, -0.25) is 4.98 Å². The molecule has 0 bridgehead atoms. The molecule has 19 heavy (non-hydrogen) atoms. The molecular formula is C14H15F3N2. The van der Waals surface area contributed by atoms with Gasteiger partial charge in [-0.05, 0) is 29.2 Å². The molecular weight excluding hydrogens is 253 g/mol. The van der Waals surface area contributed by atoms with E-state index in [2.05, 4.69) is 9.97 Å². The molecule has 0 aliphatic rings. The van der Waals surface area contributed by atoms with Gasteiger partial charge in [0.15, 0.2) is 0 Å². The lowest BCUT2D eigenvalue weighted by molar-refractivity contribution is -0.137. The molecule has 0 spiro atoms. The number of hydrogen-bond donors (Lipinski definition) is 1. The Kier molecular flexibility index (Phi) is 3.16. The van der Waals surface area contributed by atoms with E-state index < -0.39 is 11.7 Å². The molecule has 2 aromatic rings. The fourth-order valence-corrected chi connectivity index (χ4v) is 1.75. The Morgan fingerprint density at radius 2 is 1.74 bits per heavy atom. The predicted molar refractivity (Wildman–Crippen MR) is 67.7 cm³/mol. The summed E-state index contributed by atoms with van der Waals surface area (Å²) in [5.41, 5.74) is 1.16. The summed E-state index contributed by atoms with van der Waals surface area (Å²) in [6.07, 6.45) is -1.76. The second kappa shape index (κ2) is 4.40. The summed E-state index contributed by atoms with van der Waals surface area (Å²) >= 11 is 0. The Labute approximate surface area is 109 Å². The number of pyridine rings is 1. The third-order valence-corrected chi connectivity index (χ3v) is 2.91. The zero-order valence-electron chi connectivity index (χ0n) is 11.0. The molecule has 0 saturated heterocycles. The van der Waals surface area contributed by atoms with Crippen molar-refractivity contribution in [3.8, 4) is 11.4 Å². The first kappa shape index (κ1) is 13.6. The van der Waals surface area contributed by atoms with Crippen molar-refractivity contribution in [1.82, 2.24) is 9.97 Å². The van der Waals surface area contributed by atoms with Crippen LogP contribution in [0, 0.1) is 0 Å². The van der Waals surface area contributed by atoms with Crippen LogP contribution < -0.4 is 0 Å².